The van der Waals surface area contributed by atoms with Crippen molar-refractivity contribution in [2.24, 2.45) is 5.73 Å². The van der Waals surface area contributed by atoms with Gasteiger partial charge in [-0.15, -0.1) is 0 Å². The molecule has 1 atom stereocenters. The molecule has 102 valence electrons. The molecular formula is C17H24N2. The molecule has 0 bridgehead atoms. The Kier molecular flexibility index (Phi) is 3.61. The normalized spacial score (nSPS) is 18.8. The first-order valence-electron chi connectivity index (χ1n) is 7.61. The molecule has 0 aliphatic heterocycles. The Labute approximate surface area is 115 Å². The van der Waals surface area contributed by atoms with E-state index < -0.39 is 0 Å². The van der Waals surface area contributed by atoms with E-state index in [1.807, 2.05) is 0 Å². The quantitative estimate of drug-likeness (QED) is 0.876. The maximum absolute atomic E-state index is 5.91. The Morgan fingerprint density at radius 1 is 1.21 bits per heavy atom. The highest BCUT2D eigenvalue weighted by molar-refractivity contribution is 5.81. The van der Waals surface area contributed by atoms with Crippen molar-refractivity contribution in [3.05, 3.63) is 36.0 Å². The zero-order chi connectivity index (χ0) is 13.2. The Balaban J connectivity index is 2.12. The minimum absolute atomic E-state index is 0.439. The first-order valence-corrected chi connectivity index (χ1v) is 7.61. The van der Waals surface area contributed by atoms with Crippen molar-refractivity contribution in [3.8, 4) is 0 Å². The first kappa shape index (κ1) is 12.7. The topological polar surface area (TPSA) is 30.9 Å². The lowest BCUT2D eigenvalue weighted by molar-refractivity contribution is 0.351. The molecule has 0 spiro atoms. The third kappa shape index (κ3) is 2.30. The highest BCUT2D eigenvalue weighted by Gasteiger charge is 2.21. The van der Waals surface area contributed by atoms with Gasteiger partial charge in [-0.25, -0.2) is 0 Å². The maximum atomic E-state index is 5.91. The van der Waals surface area contributed by atoms with Gasteiger partial charge in [0.15, 0.2) is 0 Å². The summed E-state index contributed by atoms with van der Waals surface area (Å²) in [5.41, 5.74) is 8.73. The SMILES string of the molecule is CC(CN)c1cc2ccccc2n1C1CCCCC1. The van der Waals surface area contributed by atoms with Crippen molar-refractivity contribution in [1.29, 1.82) is 0 Å². The number of hydrogen-bond acceptors (Lipinski definition) is 1. The van der Waals surface area contributed by atoms with E-state index in [1.54, 1.807) is 0 Å². The van der Waals surface area contributed by atoms with E-state index in [1.165, 1.54) is 48.7 Å². The van der Waals surface area contributed by atoms with Gasteiger partial charge in [0.2, 0.25) is 0 Å². The van der Waals surface area contributed by atoms with Gasteiger partial charge >= 0.3 is 0 Å². The van der Waals surface area contributed by atoms with Crippen molar-refractivity contribution in [3.63, 3.8) is 0 Å². The number of aromatic nitrogens is 1. The summed E-state index contributed by atoms with van der Waals surface area (Å²) in [7, 11) is 0. The average Bonchev–Trinajstić information content (AvgIpc) is 2.86. The van der Waals surface area contributed by atoms with Crippen molar-refractivity contribution in [2.75, 3.05) is 6.54 Å². The van der Waals surface area contributed by atoms with E-state index in [4.69, 9.17) is 5.73 Å². The zero-order valence-corrected chi connectivity index (χ0v) is 11.8. The van der Waals surface area contributed by atoms with Crippen LogP contribution in [-0.4, -0.2) is 11.1 Å². The summed E-state index contributed by atoms with van der Waals surface area (Å²) in [6.45, 7) is 2.97. The molecule has 1 aromatic heterocycles. The summed E-state index contributed by atoms with van der Waals surface area (Å²) < 4.78 is 2.59. The smallest absolute Gasteiger partial charge is 0.0485 e. The number of benzene rings is 1. The Morgan fingerprint density at radius 3 is 2.68 bits per heavy atom. The van der Waals surface area contributed by atoms with Crippen molar-refractivity contribution < 1.29 is 0 Å². The maximum Gasteiger partial charge on any atom is 0.0485 e. The molecule has 2 N–H and O–H groups in total. The molecule has 0 saturated heterocycles. The summed E-state index contributed by atoms with van der Waals surface area (Å²) >= 11 is 0. The fraction of sp³-hybridized carbons (Fsp3) is 0.529. The van der Waals surface area contributed by atoms with Gasteiger partial charge in [-0.05, 0) is 30.4 Å². The van der Waals surface area contributed by atoms with Crippen molar-refractivity contribution >= 4 is 10.9 Å². The summed E-state index contributed by atoms with van der Waals surface area (Å²) in [6, 6.07) is 11.8. The van der Waals surface area contributed by atoms with Crippen LogP contribution in [0, 0.1) is 0 Å². The van der Waals surface area contributed by atoms with Crippen LogP contribution < -0.4 is 5.73 Å². The predicted molar refractivity (Wildman–Crippen MR) is 81.5 cm³/mol. The third-order valence-corrected chi connectivity index (χ3v) is 4.58. The number of nitrogens with zero attached hydrogens (tertiary/aromatic N) is 1. The highest BCUT2D eigenvalue weighted by Crippen LogP contribution is 2.35. The zero-order valence-electron chi connectivity index (χ0n) is 11.8. The fourth-order valence-corrected chi connectivity index (χ4v) is 3.44. The van der Waals surface area contributed by atoms with Crippen LogP contribution in [0.4, 0.5) is 0 Å². The van der Waals surface area contributed by atoms with E-state index in [9.17, 15) is 0 Å². The predicted octanol–water partition coefficient (Wildman–Crippen LogP) is 4.21. The molecule has 1 heterocycles. The fourth-order valence-electron chi connectivity index (χ4n) is 3.44. The largest absolute Gasteiger partial charge is 0.341 e. The summed E-state index contributed by atoms with van der Waals surface area (Å²) in [6.07, 6.45) is 6.78. The van der Waals surface area contributed by atoms with Crippen LogP contribution in [0.1, 0.15) is 56.7 Å². The highest BCUT2D eigenvalue weighted by atomic mass is 15.0. The minimum atomic E-state index is 0.439. The van der Waals surface area contributed by atoms with Gasteiger partial charge in [0.25, 0.3) is 0 Å². The molecule has 3 rings (SSSR count). The van der Waals surface area contributed by atoms with Crippen LogP contribution in [0.25, 0.3) is 10.9 Å². The Bertz CT molecular complexity index is 549. The minimum Gasteiger partial charge on any atom is -0.341 e. The van der Waals surface area contributed by atoms with Crippen LogP contribution in [0.2, 0.25) is 0 Å². The molecule has 1 fully saturated rings. The Hall–Kier alpha value is -1.28. The van der Waals surface area contributed by atoms with Crippen LogP contribution in [-0.2, 0) is 0 Å². The van der Waals surface area contributed by atoms with Gasteiger partial charge in [-0.2, -0.15) is 0 Å². The molecule has 2 heteroatoms. The number of fused-ring (bicyclic) bond motifs is 1. The van der Waals surface area contributed by atoms with E-state index in [0.717, 1.165) is 6.54 Å². The van der Waals surface area contributed by atoms with Crippen LogP contribution >= 0.6 is 0 Å². The molecule has 1 unspecified atom stereocenters. The number of rotatable bonds is 3. The molecule has 0 amide bonds. The average molecular weight is 256 g/mol. The second kappa shape index (κ2) is 5.38. The first-order chi connectivity index (χ1) is 9.31. The lowest BCUT2D eigenvalue weighted by Crippen LogP contribution is -2.19. The lowest BCUT2D eigenvalue weighted by atomic mass is 9.94. The molecule has 1 saturated carbocycles. The number of hydrogen-bond donors (Lipinski definition) is 1. The monoisotopic (exact) mass is 256 g/mol. The number of nitrogens with two attached hydrogens (primary N) is 1. The number of para-hydroxylation sites is 1. The van der Waals surface area contributed by atoms with Crippen LogP contribution in [0.15, 0.2) is 30.3 Å². The van der Waals surface area contributed by atoms with Gasteiger partial charge < -0.3 is 10.3 Å². The third-order valence-electron chi connectivity index (χ3n) is 4.58. The van der Waals surface area contributed by atoms with Crippen LogP contribution in [0.3, 0.4) is 0 Å². The molecule has 19 heavy (non-hydrogen) atoms. The van der Waals surface area contributed by atoms with Gasteiger partial charge in [0.05, 0.1) is 0 Å². The molecule has 1 aliphatic rings. The van der Waals surface area contributed by atoms with Gasteiger partial charge in [0.1, 0.15) is 0 Å². The summed E-state index contributed by atoms with van der Waals surface area (Å²) in [5, 5.41) is 1.36. The lowest BCUT2D eigenvalue weighted by Gasteiger charge is -2.28. The van der Waals surface area contributed by atoms with Crippen molar-refractivity contribution in [2.45, 2.75) is 51.0 Å². The van der Waals surface area contributed by atoms with Crippen molar-refractivity contribution in [1.82, 2.24) is 4.57 Å². The van der Waals surface area contributed by atoms with E-state index in [0.29, 0.717) is 12.0 Å². The Morgan fingerprint density at radius 2 is 1.95 bits per heavy atom. The second-order valence-electron chi connectivity index (χ2n) is 5.93. The molecule has 0 radical (unpaired) electrons. The summed E-state index contributed by atoms with van der Waals surface area (Å²) in [4.78, 5) is 0. The second-order valence-corrected chi connectivity index (χ2v) is 5.93. The standard InChI is InChI=1S/C17H24N2/c1-13(12-18)17-11-14-7-5-6-10-16(14)19(17)15-8-3-2-4-9-15/h5-7,10-11,13,15H,2-4,8-9,12,18H2,1H3. The summed E-state index contributed by atoms with van der Waals surface area (Å²) in [5.74, 6) is 0.439. The molecule has 2 aromatic rings. The van der Waals surface area contributed by atoms with E-state index in [2.05, 4.69) is 41.8 Å². The van der Waals surface area contributed by atoms with Crippen LogP contribution in [0.5, 0.6) is 0 Å². The molecular weight excluding hydrogens is 232 g/mol. The van der Waals surface area contributed by atoms with E-state index in [-0.39, 0.29) is 0 Å². The molecule has 1 aromatic carbocycles. The molecule has 1 aliphatic carbocycles. The van der Waals surface area contributed by atoms with Gasteiger partial charge in [-0.3, -0.25) is 0 Å². The van der Waals surface area contributed by atoms with E-state index >= 15 is 0 Å². The van der Waals surface area contributed by atoms with Gasteiger partial charge in [0, 0.05) is 29.7 Å². The van der Waals surface area contributed by atoms with Gasteiger partial charge in [-0.1, -0.05) is 44.4 Å². The molecule has 2 nitrogen and oxygen atoms in total.